The normalized spacial score (nSPS) is 10.1. The van der Waals surface area contributed by atoms with Crippen molar-refractivity contribution in [2.24, 2.45) is 0 Å². The predicted molar refractivity (Wildman–Crippen MR) is 64.4 cm³/mol. The molecule has 0 bridgehead atoms. The molecule has 15 heavy (non-hydrogen) atoms. The first-order valence-corrected chi connectivity index (χ1v) is 6.11. The van der Waals surface area contributed by atoms with E-state index in [0.29, 0.717) is 5.56 Å². The molecule has 0 fully saturated rings. The molecule has 0 atom stereocenters. The monoisotopic (exact) mass is 270 g/mol. The molecule has 1 rings (SSSR count). The number of hydrogen-bond donors (Lipinski definition) is 0. The molecule has 82 valence electrons. The molecule has 0 amide bonds. The maximum Gasteiger partial charge on any atom is 0.337 e. The van der Waals surface area contributed by atoms with E-state index in [2.05, 4.69) is 22.9 Å². The second-order valence-electron chi connectivity index (χ2n) is 3.36. The predicted octanol–water partition coefficient (Wildman–Crippen LogP) is 3.32. The van der Waals surface area contributed by atoms with E-state index in [0.717, 1.165) is 18.2 Å². The summed E-state index contributed by atoms with van der Waals surface area (Å²) < 4.78 is 4.69. The van der Waals surface area contributed by atoms with Gasteiger partial charge >= 0.3 is 5.97 Å². The van der Waals surface area contributed by atoms with Crippen LogP contribution in [0.3, 0.4) is 0 Å². The van der Waals surface area contributed by atoms with Crippen molar-refractivity contribution in [1.82, 2.24) is 0 Å². The molecule has 0 aliphatic rings. The van der Waals surface area contributed by atoms with Crippen LogP contribution in [-0.2, 0) is 16.5 Å². The maximum atomic E-state index is 11.3. The highest BCUT2D eigenvalue weighted by molar-refractivity contribution is 9.08. The number of alkyl halides is 1. The van der Waals surface area contributed by atoms with Crippen LogP contribution in [0.5, 0.6) is 0 Å². The molecular weight excluding hydrogens is 256 g/mol. The molecule has 0 spiro atoms. The van der Waals surface area contributed by atoms with Crippen LogP contribution >= 0.6 is 15.9 Å². The Balaban J connectivity index is 3.04. The number of hydrogen-bond acceptors (Lipinski definition) is 2. The highest BCUT2D eigenvalue weighted by atomic mass is 79.9. The van der Waals surface area contributed by atoms with Crippen molar-refractivity contribution in [3.8, 4) is 0 Å². The van der Waals surface area contributed by atoms with Crippen molar-refractivity contribution < 1.29 is 9.53 Å². The molecule has 3 heteroatoms. The van der Waals surface area contributed by atoms with E-state index < -0.39 is 0 Å². The van der Waals surface area contributed by atoms with Crippen molar-refractivity contribution >= 4 is 21.9 Å². The van der Waals surface area contributed by atoms with Gasteiger partial charge in [-0.25, -0.2) is 4.79 Å². The van der Waals surface area contributed by atoms with Crippen molar-refractivity contribution in [3.05, 3.63) is 34.9 Å². The number of aryl methyl sites for hydroxylation is 1. The molecule has 0 radical (unpaired) electrons. The van der Waals surface area contributed by atoms with Crippen LogP contribution in [0.4, 0.5) is 0 Å². The van der Waals surface area contributed by atoms with Gasteiger partial charge in [0.05, 0.1) is 12.7 Å². The average molecular weight is 271 g/mol. The van der Waals surface area contributed by atoms with E-state index in [-0.39, 0.29) is 5.97 Å². The van der Waals surface area contributed by atoms with Gasteiger partial charge in [0.1, 0.15) is 0 Å². The van der Waals surface area contributed by atoms with Gasteiger partial charge in [0.15, 0.2) is 0 Å². The lowest BCUT2D eigenvalue weighted by Gasteiger charge is -2.08. The SMILES string of the molecule is CCCc1cc(C(=O)OC)ccc1CBr. The first-order chi connectivity index (χ1) is 7.22. The summed E-state index contributed by atoms with van der Waals surface area (Å²) >= 11 is 3.44. The van der Waals surface area contributed by atoms with Gasteiger partial charge in [-0.05, 0) is 29.7 Å². The Hall–Kier alpha value is -0.830. The molecule has 0 heterocycles. The van der Waals surface area contributed by atoms with Crippen LogP contribution in [0.2, 0.25) is 0 Å². The third-order valence-corrected chi connectivity index (χ3v) is 2.89. The van der Waals surface area contributed by atoms with Gasteiger partial charge < -0.3 is 4.74 Å². The second-order valence-corrected chi connectivity index (χ2v) is 3.92. The lowest BCUT2D eigenvalue weighted by molar-refractivity contribution is 0.0600. The molecule has 2 nitrogen and oxygen atoms in total. The Bertz CT molecular complexity index is 347. The molecule has 0 saturated carbocycles. The third kappa shape index (κ3) is 3.06. The number of carbonyl (C=O) groups is 1. The number of halogens is 1. The summed E-state index contributed by atoms with van der Waals surface area (Å²) in [5.74, 6) is -0.270. The second kappa shape index (κ2) is 5.91. The Morgan fingerprint density at radius 1 is 1.40 bits per heavy atom. The molecule has 0 aromatic heterocycles. The minimum Gasteiger partial charge on any atom is -0.465 e. The molecule has 0 aliphatic carbocycles. The lowest BCUT2D eigenvalue weighted by atomic mass is 10.0. The minimum atomic E-state index is -0.270. The summed E-state index contributed by atoms with van der Waals surface area (Å²) in [4.78, 5) is 11.3. The number of carbonyl (C=O) groups excluding carboxylic acids is 1. The van der Waals surface area contributed by atoms with Gasteiger partial charge in [-0.1, -0.05) is 35.3 Å². The fraction of sp³-hybridized carbons (Fsp3) is 0.417. The van der Waals surface area contributed by atoms with E-state index in [9.17, 15) is 4.79 Å². The van der Waals surface area contributed by atoms with Crippen LogP contribution < -0.4 is 0 Å². The molecule has 0 N–H and O–H groups in total. The van der Waals surface area contributed by atoms with Gasteiger partial charge in [0.2, 0.25) is 0 Å². The summed E-state index contributed by atoms with van der Waals surface area (Å²) in [5, 5.41) is 0.823. The summed E-state index contributed by atoms with van der Waals surface area (Å²) in [6, 6.07) is 5.71. The van der Waals surface area contributed by atoms with Gasteiger partial charge in [-0.2, -0.15) is 0 Å². The van der Waals surface area contributed by atoms with Gasteiger partial charge in [-0.15, -0.1) is 0 Å². The first kappa shape index (κ1) is 12.2. The topological polar surface area (TPSA) is 26.3 Å². The van der Waals surface area contributed by atoms with Gasteiger partial charge in [0, 0.05) is 5.33 Å². The molecule has 0 unspecified atom stereocenters. The minimum absolute atomic E-state index is 0.270. The zero-order chi connectivity index (χ0) is 11.3. The summed E-state index contributed by atoms with van der Waals surface area (Å²) in [5.41, 5.74) is 3.09. The number of esters is 1. The highest BCUT2D eigenvalue weighted by Gasteiger charge is 2.08. The summed E-state index contributed by atoms with van der Waals surface area (Å²) in [6.45, 7) is 2.13. The summed E-state index contributed by atoms with van der Waals surface area (Å²) in [7, 11) is 1.40. The number of methoxy groups -OCH3 is 1. The highest BCUT2D eigenvalue weighted by Crippen LogP contribution is 2.17. The van der Waals surface area contributed by atoms with E-state index >= 15 is 0 Å². The van der Waals surface area contributed by atoms with Crippen LogP contribution in [0, 0.1) is 0 Å². The van der Waals surface area contributed by atoms with Crippen LogP contribution in [-0.4, -0.2) is 13.1 Å². The van der Waals surface area contributed by atoms with Crippen LogP contribution in [0.15, 0.2) is 18.2 Å². The summed E-state index contributed by atoms with van der Waals surface area (Å²) in [6.07, 6.45) is 2.07. The standard InChI is InChI=1S/C12H15BrO2/c1-3-4-9-7-10(12(14)15-2)5-6-11(9)8-13/h5-7H,3-4,8H2,1-2H3. The molecule has 1 aromatic rings. The molecule has 0 aliphatic heterocycles. The van der Waals surface area contributed by atoms with Crippen LogP contribution in [0.25, 0.3) is 0 Å². The Morgan fingerprint density at radius 3 is 2.67 bits per heavy atom. The van der Waals surface area contributed by atoms with E-state index in [1.807, 2.05) is 18.2 Å². The smallest absolute Gasteiger partial charge is 0.337 e. The Morgan fingerprint density at radius 2 is 2.13 bits per heavy atom. The van der Waals surface area contributed by atoms with Crippen LogP contribution in [0.1, 0.15) is 34.8 Å². The Kier molecular flexibility index (Phi) is 4.82. The number of ether oxygens (including phenoxy) is 1. The van der Waals surface area contributed by atoms with E-state index in [1.54, 1.807) is 0 Å². The molecule has 0 saturated heterocycles. The van der Waals surface area contributed by atoms with E-state index in [4.69, 9.17) is 4.74 Å². The van der Waals surface area contributed by atoms with E-state index in [1.165, 1.54) is 18.2 Å². The zero-order valence-electron chi connectivity index (χ0n) is 9.05. The number of benzene rings is 1. The average Bonchev–Trinajstić information content (AvgIpc) is 2.28. The third-order valence-electron chi connectivity index (χ3n) is 2.29. The Labute approximate surface area is 98.8 Å². The van der Waals surface area contributed by atoms with Crippen molar-refractivity contribution in [2.45, 2.75) is 25.1 Å². The first-order valence-electron chi connectivity index (χ1n) is 4.99. The van der Waals surface area contributed by atoms with Crippen molar-refractivity contribution in [1.29, 1.82) is 0 Å². The maximum absolute atomic E-state index is 11.3. The van der Waals surface area contributed by atoms with Crippen molar-refractivity contribution in [3.63, 3.8) is 0 Å². The van der Waals surface area contributed by atoms with Gasteiger partial charge in [-0.3, -0.25) is 0 Å². The largest absolute Gasteiger partial charge is 0.465 e. The molecular formula is C12H15BrO2. The quantitative estimate of drug-likeness (QED) is 0.620. The fourth-order valence-electron chi connectivity index (χ4n) is 1.50. The lowest BCUT2D eigenvalue weighted by Crippen LogP contribution is -2.03. The van der Waals surface area contributed by atoms with Crippen molar-refractivity contribution in [2.75, 3.05) is 7.11 Å². The van der Waals surface area contributed by atoms with Gasteiger partial charge in [0.25, 0.3) is 0 Å². The fourth-order valence-corrected chi connectivity index (χ4v) is 2.05. The zero-order valence-corrected chi connectivity index (χ0v) is 10.6. The molecule has 1 aromatic carbocycles. The number of rotatable bonds is 4.